The molecule has 0 fully saturated rings. The van der Waals surface area contributed by atoms with E-state index in [2.05, 4.69) is 92.9 Å². The van der Waals surface area contributed by atoms with Crippen LogP contribution in [0.3, 0.4) is 0 Å². The number of aliphatic hydroxyl groups excluding tert-OH is 2. The van der Waals surface area contributed by atoms with Crippen molar-refractivity contribution in [3.63, 3.8) is 0 Å². The second kappa shape index (κ2) is 47.8. The van der Waals surface area contributed by atoms with Crippen molar-refractivity contribution in [2.24, 2.45) is 0 Å². The van der Waals surface area contributed by atoms with Crippen LogP contribution in [0.15, 0.2) is 97.2 Å². The van der Waals surface area contributed by atoms with Crippen molar-refractivity contribution in [2.75, 3.05) is 6.61 Å². The molecular weight excluding hydrogens is 755 g/mol. The summed E-state index contributed by atoms with van der Waals surface area (Å²) in [6.45, 7) is 6.20. The molecule has 3 N–H and O–H groups in total. The van der Waals surface area contributed by atoms with Gasteiger partial charge in [0.25, 0.3) is 0 Å². The molecule has 0 saturated carbocycles. The van der Waals surface area contributed by atoms with Gasteiger partial charge in [0.1, 0.15) is 6.10 Å². The van der Waals surface area contributed by atoms with E-state index >= 15 is 0 Å². The predicted octanol–water partition coefficient (Wildman–Crippen LogP) is 14.9. The first kappa shape index (κ1) is 57.8. The van der Waals surface area contributed by atoms with Crippen LogP contribution in [-0.4, -0.2) is 46.9 Å². The molecule has 3 atom stereocenters. The summed E-state index contributed by atoms with van der Waals surface area (Å²) >= 11 is 0. The van der Waals surface area contributed by atoms with E-state index in [1.54, 1.807) is 0 Å². The Labute approximate surface area is 376 Å². The largest absolute Gasteiger partial charge is 0.462 e. The minimum atomic E-state index is -0.809. The first-order chi connectivity index (χ1) is 30.0. The fraction of sp³-hybridized carbons (Fsp3) is 0.673. The number of allylic oxidation sites excluding steroid dienone is 16. The number of esters is 1. The second-order valence-corrected chi connectivity index (χ2v) is 16.5. The molecule has 0 saturated heterocycles. The molecule has 0 bridgehead atoms. The number of rotatable bonds is 43. The van der Waals surface area contributed by atoms with Gasteiger partial charge in [-0.25, -0.2) is 0 Å². The Kier molecular flexibility index (Phi) is 45.3. The van der Waals surface area contributed by atoms with Gasteiger partial charge in [0.2, 0.25) is 5.91 Å². The van der Waals surface area contributed by atoms with Gasteiger partial charge in [0.05, 0.1) is 25.2 Å². The van der Waals surface area contributed by atoms with Crippen molar-refractivity contribution in [2.45, 2.75) is 232 Å². The Morgan fingerprint density at radius 3 is 1.54 bits per heavy atom. The lowest BCUT2D eigenvalue weighted by atomic mass is 10.0. The number of ether oxygens (including phenoxy) is 1. The average Bonchev–Trinajstić information content (AvgIpc) is 3.25. The number of carbonyl (C=O) groups excluding carboxylic acids is 2. The van der Waals surface area contributed by atoms with E-state index < -0.39 is 18.2 Å². The smallest absolute Gasteiger partial charge is 0.306 e. The van der Waals surface area contributed by atoms with Crippen molar-refractivity contribution in [3.05, 3.63) is 97.2 Å². The van der Waals surface area contributed by atoms with Gasteiger partial charge in [-0.2, -0.15) is 0 Å². The lowest BCUT2D eigenvalue weighted by molar-refractivity contribution is -0.151. The van der Waals surface area contributed by atoms with Crippen molar-refractivity contribution in [1.29, 1.82) is 0 Å². The summed E-state index contributed by atoms with van der Waals surface area (Å²) in [6, 6.07) is -0.726. The molecule has 0 aliphatic rings. The van der Waals surface area contributed by atoms with Gasteiger partial charge in [0, 0.05) is 6.42 Å². The van der Waals surface area contributed by atoms with Gasteiger partial charge in [-0.1, -0.05) is 214 Å². The van der Waals surface area contributed by atoms with E-state index in [9.17, 15) is 19.8 Å². The van der Waals surface area contributed by atoms with E-state index in [0.717, 1.165) is 103 Å². The Bertz CT molecular complexity index is 1220. The maximum absolute atomic E-state index is 13.2. The fourth-order valence-corrected chi connectivity index (χ4v) is 7.02. The Morgan fingerprint density at radius 1 is 0.508 bits per heavy atom. The molecule has 0 aromatic rings. The van der Waals surface area contributed by atoms with Crippen LogP contribution in [0.25, 0.3) is 0 Å². The van der Waals surface area contributed by atoms with Gasteiger partial charge in [0.15, 0.2) is 0 Å². The second-order valence-electron chi connectivity index (χ2n) is 16.5. The standard InChI is InChI=1S/C55H93NO5/c1-4-7-10-13-16-19-22-25-26-27-30-33-36-39-42-45-48-55(60)61-51(46-43-40-37-34-31-28-23-20-17-14-11-8-5-2)49-54(59)56-52(50-57)53(58)47-44-41-38-35-32-29-24-21-18-15-12-9-6-3/h7-8,10-11,14,16-17,19-20,23,25-26,28,30-31,33,51-53,57-58H,4-6,9,12-13,15,18,21-22,24,27,29,32,34-50H2,1-3H3,(H,56,59)/b10-7+,11-8+,17-14+,19-16+,23-20+,26-25+,31-28-,33-30+. The van der Waals surface area contributed by atoms with Crippen molar-refractivity contribution in [3.8, 4) is 0 Å². The third kappa shape index (κ3) is 43.2. The summed E-state index contributed by atoms with van der Waals surface area (Å²) in [5, 5.41) is 23.7. The number of aliphatic hydroxyl groups is 2. The van der Waals surface area contributed by atoms with Gasteiger partial charge >= 0.3 is 5.97 Å². The number of hydrogen-bond acceptors (Lipinski definition) is 5. The third-order valence-corrected chi connectivity index (χ3v) is 10.8. The number of hydrogen-bond donors (Lipinski definition) is 3. The minimum Gasteiger partial charge on any atom is -0.462 e. The lowest BCUT2D eigenvalue weighted by Gasteiger charge is -2.24. The van der Waals surface area contributed by atoms with Crippen LogP contribution in [0.5, 0.6) is 0 Å². The molecule has 0 radical (unpaired) electrons. The molecule has 6 nitrogen and oxygen atoms in total. The van der Waals surface area contributed by atoms with E-state index in [0.29, 0.717) is 19.3 Å². The van der Waals surface area contributed by atoms with Crippen LogP contribution in [0.4, 0.5) is 0 Å². The topological polar surface area (TPSA) is 95.9 Å². The summed E-state index contributed by atoms with van der Waals surface area (Å²) in [4.78, 5) is 26.1. The summed E-state index contributed by atoms with van der Waals surface area (Å²) in [5.41, 5.74) is 0. The Morgan fingerprint density at radius 2 is 0.967 bits per heavy atom. The van der Waals surface area contributed by atoms with E-state index in [4.69, 9.17) is 4.74 Å². The molecule has 0 spiro atoms. The molecular formula is C55H93NO5. The zero-order valence-corrected chi connectivity index (χ0v) is 39.5. The van der Waals surface area contributed by atoms with E-state index in [1.165, 1.54) is 64.2 Å². The summed E-state index contributed by atoms with van der Waals surface area (Å²) in [7, 11) is 0. The molecule has 0 aliphatic carbocycles. The Hall–Kier alpha value is -3.22. The monoisotopic (exact) mass is 848 g/mol. The zero-order chi connectivity index (χ0) is 44.5. The Balaban J connectivity index is 4.71. The zero-order valence-electron chi connectivity index (χ0n) is 39.5. The molecule has 0 heterocycles. The summed E-state index contributed by atoms with van der Waals surface area (Å²) in [5.74, 6) is -0.558. The van der Waals surface area contributed by atoms with Gasteiger partial charge < -0.3 is 20.3 Å². The third-order valence-electron chi connectivity index (χ3n) is 10.8. The highest BCUT2D eigenvalue weighted by atomic mass is 16.5. The van der Waals surface area contributed by atoms with Crippen LogP contribution in [0.2, 0.25) is 0 Å². The molecule has 0 aliphatic heterocycles. The SMILES string of the molecule is CC/C=C/C=C/C=C/C=C\CCCCCC(CC(=O)NC(CO)C(O)CCCCCCCCCCCCCCC)OC(=O)CCCCC/C=C/C/C=C/C/C=C/C/C=C/CC. The molecule has 6 heteroatoms. The fourth-order valence-electron chi connectivity index (χ4n) is 7.02. The van der Waals surface area contributed by atoms with Crippen LogP contribution in [0.1, 0.15) is 213 Å². The molecule has 61 heavy (non-hydrogen) atoms. The van der Waals surface area contributed by atoms with E-state index in [-0.39, 0.29) is 24.9 Å². The number of carbonyl (C=O) groups is 2. The average molecular weight is 848 g/mol. The highest BCUT2D eigenvalue weighted by molar-refractivity contribution is 5.77. The predicted molar refractivity (Wildman–Crippen MR) is 264 cm³/mol. The van der Waals surface area contributed by atoms with Crippen LogP contribution in [0, 0.1) is 0 Å². The van der Waals surface area contributed by atoms with Crippen molar-refractivity contribution in [1.82, 2.24) is 5.32 Å². The van der Waals surface area contributed by atoms with Gasteiger partial charge in [-0.3, -0.25) is 9.59 Å². The quantitative estimate of drug-likeness (QED) is 0.0246. The van der Waals surface area contributed by atoms with Crippen LogP contribution in [-0.2, 0) is 14.3 Å². The highest BCUT2D eigenvalue weighted by Crippen LogP contribution is 2.17. The number of nitrogens with one attached hydrogen (secondary N) is 1. The molecule has 3 unspecified atom stereocenters. The van der Waals surface area contributed by atoms with E-state index in [1.807, 2.05) is 30.4 Å². The van der Waals surface area contributed by atoms with Crippen molar-refractivity contribution >= 4 is 11.9 Å². The summed E-state index contributed by atoms with van der Waals surface area (Å²) in [6.07, 6.45) is 63.2. The van der Waals surface area contributed by atoms with Crippen LogP contribution < -0.4 is 5.32 Å². The number of unbranched alkanes of at least 4 members (excludes halogenated alkanes) is 18. The van der Waals surface area contributed by atoms with Gasteiger partial charge in [-0.15, -0.1) is 0 Å². The number of amides is 1. The molecule has 0 aromatic carbocycles. The molecule has 0 rings (SSSR count). The highest BCUT2D eigenvalue weighted by Gasteiger charge is 2.24. The summed E-state index contributed by atoms with van der Waals surface area (Å²) < 4.78 is 5.89. The maximum atomic E-state index is 13.2. The van der Waals surface area contributed by atoms with Crippen molar-refractivity contribution < 1.29 is 24.5 Å². The van der Waals surface area contributed by atoms with Crippen LogP contribution >= 0.6 is 0 Å². The first-order valence-electron chi connectivity index (χ1n) is 25.0. The minimum absolute atomic E-state index is 0.0329. The normalized spacial score (nSPS) is 14.1. The molecule has 1 amide bonds. The molecule has 348 valence electrons. The van der Waals surface area contributed by atoms with Gasteiger partial charge in [-0.05, 0) is 83.5 Å². The first-order valence-corrected chi connectivity index (χ1v) is 25.0. The maximum Gasteiger partial charge on any atom is 0.306 e. The lowest BCUT2D eigenvalue weighted by Crippen LogP contribution is -2.46. The molecule has 0 aromatic heterocycles.